The first kappa shape index (κ1) is 22.8. The van der Waals surface area contributed by atoms with Gasteiger partial charge < -0.3 is 4.90 Å². The highest BCUT2D eigenvalue weighted by Crippen LogP contribution is 2.27. The normalized spacial score (nSPS) is 14.1. The van der Waals surface area contributed by atoms with E-state index in [2.05, 4.69) is 18.1 Å². The number of non-ortho nitro benzene ring substituents is 1. The fraction of sp³-hybridized carbons (Fsp3) is 0.478. The molecule has 1 aliphatic rings. The summed E-state index contributed by atoms with van der Waals surface area (Å²) >= 11 is 0. The molecule has 2 rings (SSSR count). The fourth-order valence-corrected chi connectivity index (χ4v) is 3.14. The van der Waals surface area contributed by atoms with E-state index in [0.717, 1.165) is 44.0 Å². The lowest BCUT2D eigenvalue weighted by molar-refractivity contribution is -0.384. The summed E-state index contributed by atoms with van der Waals surface area (Å²) in [7, 11) is 0. The van der Waals surface area contributed by atoms with Gasteiger partial charge in [-0.25, -0.2) is 0 Å². The summed E-state index contributed by atoms with van der Waals surface area (Å²) < 4.78 is 0. The molecule has 1 aromatic carbocycles. The molecule has 0 aromatic heterocycles. The van der Waals surface area contributed by atoms with Gasteiger partial charge in [0, 0.05) is 31.8 Å². The molecular formula is C23H34N2O2. The maximum Gasteiger partial charge on any atom is 0.269 e. The quantitative estimate of drug-likeness (QED) is 0.274. The highest BCUT2D eigenvalue weighted by atomic mass is 16.6. The lowest BCUT2D eigenvalue weighted by Crippen LogP contribution is -2.35. The van der Waals surface area contributed by atoms with E-state index in [1.54, 1.807) is 24.3 Å². The van der Waals surface area contributed by atoms with Gasteiger partial charge in [-0.05, 0) is 42.7 Å². The molecule has 1 saturated carbocycles. The van der Waals surface area contributed by atoms with Crippen molar-refractivity contribution in [2.75, 3.05) is 19.6 Å². The van der Waals surface area contributed by atoms with Crippen LogP contribution in [0.1, 0.15) is 45.1 Å². The molecule has 1 aromatic rings. The summed E-state index contributed by atoms with van der Waals surface area (Å²) in [5, 5.41) is 10.9. The first-order chi connectivity index (χ1) is 13.1. The molecule has 0 amide bonds. The molecule has 0 radical (unpaired) electrons. The van der Waals surface area contributed by atoms with Crippen LogP contribution in [-0.4, -0.2) is 29.5 Å². The number of nitrogens with zero attached hydrogens (tertiary/aromatic N) is 2. The third kappa shape index (κ3) is 8.35. The van der Waals surface area contributed by atoms with Gasteiger partial charge in [0.15, 0.2) is 0 Å². The molecule has 0 unspecified atom stereocenters. The van der Waals surface area contributed by atoms with Gasteiger partial charge in [-0.2, -0.15) is 0 Å². The van der Waals surface area contributed by atoms with Crippen molar-refractivity contribution in [3.05, 3.63) is 76.9 Å². The monoisotopic (exact) mass is 370 g/mol. The Hall–Kier alpha value is -2.20. The molecular weight excluding hydrogens is 336 g/mol. The van der Waals surface area contributed by atoms with E-state index < -0.39 is 0 Å². The van der Waals surface area contributed by atoms with Crippen LogP contribution < -0.4 is 0 Å². The molecule has 27 heavy (non-hydrogen) atoms. The van der Waals surface area contributed by atoms with Crippen LogP contribution >= 0.6 is 0 Å². The fourth-order valence-electron chi connectivity index (χ4n) is 3.14. The van der Waals surface area contributed by atoms with Crippen LogP contribution in [0.25, 0.3) is 0 Å². The van der Waals surface area contributed by atoms with Crippen molar-refractivity contribution in [2.24, 2.45) is 5.92 Å². The van der Waals surface area contributed by atoms with Crippen molar-refractivity contribution in [3.8, 4) is 0 Å². The van der Waals surface area contributed by atoms with Crippen LogP contribution in [0, 0.1) is 16.0 Å². The Balaban J connectivity index is 0.00000176. The summed E-state index contributed by atoms with van der Waals surface area (Å²) in [6.07, 6.45) is 11.5. The minimum atomic E-state index is -0.327. The summed E-state index contributed by atoms with van der Waals surface area (Å²) in [6.45, 7) is 14.6. The second-order valence-corrected chi connectivity index (χ2v) is 6.71. The Morgan fingerprint density at radius 1 is 1.30 bits per heavy atom. The van der Waals surface area contributed by atoms with E-state index in [1.807, 2.05) is 32.1 Å². The summed E-state index contributed by atoms with van der Waals surface area (Å²) in [4.78, 5) is 13.1. The van der Waals surface area contributed by atoms with Gasteiger partial charge in [0.1, 0.15) is 0 Å². The largest absolute Gasteiger partial charge is 0.302 e. The zero-order chi connectivity index (χ0) is 20.1. The zero-order valence-corrected chi connectivity index (χ0v) is 16.9. The number of hydrogen-bond acceptors (Lipinski definition) is 3. The highest BCUT2D eigenvalue weighted by molar-refractivity contribution is 5.34. The van der Waals surface area contributed by atoms with Crippen LogP contribution in [0.3, 0.4) is 0 Å². The van der Waals surface area contributed by atoms with E-state index in [1.165, 1.54) is 24.8 Å². The van der Waals surface area contributed by atoms with Gasteiger partial charge >= 0.3 is 0 Å². The van der Waals surface area contributed by atoms with Gasteiger partial charge in [-0.15, -0.1) is 0 Å². The number of nitro groups is 1. The molecule has 0 spiro atoms. The Labute approximate surface area is 164 Å². The molecule has 148 valence electrons. The molecule has 1 fully saturated rings. The van der Waals surface area contributed by atoms with E-state index in [-0.39, 0.29) is 10.6 Å². The number of allylic oxidation sites excluding steroid dienone is 3. The molecule has 4 nitrogen and oxygen atoms in total. The molecule has 1 aliphatic carbocycles. The minimum absolute atomic E-state index is 0.172. The average Bonchev–Trinajstić information content (AvgIpc) is 2.66. The predicted octanol–water partition coefficient (Wildman–Crippen LogP) is 5.95. The Morgan fingerprint density at radius 2 is 2.04 bits per heavy atom. The van der Waals surface area contributed by atoms with E-state index in [0.29, 0.717) is 0 Å². The van der Waals surface area contributed by atoms with E-state index >= 15 is 0 Å². The van der Waals surface area contributed by atoms with Crippen molar-refractivity contribution in [2.45, 2.75) is 46.0 Å². The number of benzene rings is 1. The van der Waals surface area contributed by atoms with Crippen LogP contribution in [0.2, 0.25) is 0 Å². The summed E-state index contributed by atoms with van der Waals surface area (Å²) in [5.74, 6) is 0.806. The minimum Gasteiger partial charge on any atom is -0.302 e. The molecule has 0 heterocycles. The SMILES string of the molecule is C=C/C=C(\C=C)CCN(CCc1cccc([N+](=O)[O-])c1)CC1CCC1.CC. The Bertz CT molecular complexity index is 633. The topological polar surface area (TPSA) is 46.4 Å². The number of rotatable bonds is 11. The molecule has 0 atom stereocenters. The summed E-state index contributed by atoms with van der Waals surface area (Å²) in [5.41, 5.74) is 2.40. The van der Waals surface area contributed by atoms with Gasteiger partial charge in [0.25, 0.3) is 5.69 Å². The zero-order valence-electron chi connectivity index (χ0n) is 16.9. The van der Waals surface area contributed by atoms with Crippen LogP contribution in [0.4, 0.5) is 5.69 Å². The molecule has 0 saturated heterocycles. The Morgan fingerprint density at radius 3 is 2.59 bits per heavy atom. The highest BCUT2D eigenvalue weighted by Gasteiger charge is 2.20. The molecule has 0 bridgehead atoms. The maximum absolute atomic E-state index is 10.9. The lowest BCUT2D eigenvalue weighted by atomic mass is 9.85. The van der Waals surface area contributed by atoms with E-state index in [4.69, 9.17) is 0 Å². The second-order valence-electron chi connectivity index (χ2n) is 6.71. The lowest BCUT2D eigenvalue weighted by Gasteiger charge is -2.32. The van der Waals surface area contributed by atoms with Crippen LogP contribution in [-0.2, 0) is 6.42 Å². The molecule has 0 N–H and O–H groups in total. The second kappa shape index (κ2) is 13.0. The molecule has 0 aliphatic heterocycles. The van der Waals surface area contributed by atoms with Crippen LogP contribution in [0.5, 0.6) is 0 Å². The van der Waals surface area contributed by atoms with Crippen molar-refractivity contribution in [1.29, 1.82) is 0 Å². The van der Waals surface area contributed by atoms with Gasteiger partial charge in [0.2, 0.25) is 0 Å². The van der Waals surface area contributed by atoms with Crippen molar-refractivity contribution < 1.29 is 4.92 Å². The van der Waals surface area contributed by atoms with Crippen molar-refractivity contribution in [3.63, 3.8) is 0 Å². The van der Waals surface area contributed by atoms with E-state index in [9.17, 15) is 10.1 Å². The number of nitro benzene ring substituents is 1. The summed E-state index contributed by atoms with van der Waals surface area (Å²) in [6, 6.07) is 6.98. The first-order valence-corrected chi connectivity index (χ1v) is 10.0. The smallest absolute Gasteiger partial charge is 0.269 e. The van der Waals surface area contributed by atoms with Gasteiger partial charge in [0.05, 0.1) is 4.92 Å². The third-order valence-electron chi connectivity index (χ3n) is 4.89. The third-order valence-corrected chi connectivity index (χ3v) is 4.89. The van der Waals surface area contributed by atoms with Crippen LogP contribution in [0.15, 0.2) is 61.2 Å². The molecule has 4 heteroatoms. The average molecular weight is 371 g/mol. The standard InChI is InChI=1S/C21H28N2O2.C2H6/c1-3-7-18(4-2)12-14-22(17-20-9-5-10-20)15-13-19-8-6-11-21(16-19)23(24)25;1-2/h3-4,6-8,11,16,20H,1-2,5,9-10,12-15,17H2;1-2H3/b18-7+;. The van der Waals surface area contributed by atoms with Gasteiger partial charge in [-0.1, -0.05) is 63.8 Å². The number of hydrogen-bond donors (Lipinski definition) is 0. The van der Waals surface area contributed by atoms with Crippen molar-refractivity contribution in [1.82, 2.24) is 4.90 Å². The predicted molar refractivity (Wildman–Crippen MR) is 115 cm³/mol. The maximum atomic E-state index is 10.9. The Kier molecular flexibility index (Phi) is 11.0. The van der Waals surface area contributed by atoms with Crippen molar-refractivity contribution >= 4 is 5.69 Å². The van der Waals surface area contributed by atoms with Gasteiger partial charge in [-0.3, -0.25) is 10.1 Å². The first-order valence-electron chi connectivity index (χ1n) is 10.0.